The number of sulfone groups is 1. The molecular formula is C21H25NO4S. The van der Waals surface area contributed by atoms with Gasteiger partial charge in [-0.3, -0.25) is 4.79 Å². The van der Waals surface area contributed by atoms with E-state index in [2.05, 4.69) is 0 Å². The van der Waals surface area contributed by atoms with E-state index in [1.54, 1.807) is 36.3 Å². The van der Waals surface area contributed by atoms with E-state index in [4.69, 9.17) is 4.74 Å². The second-order valence-electron chi connectivity index (χ2n) is 7.03. The number of aryl methyl sites for hydroxylation is 2. The number of piperidine rings is 1. The highest BCUT2D eigenvalue weighted by Crippen LogP contribution is 2.27. The smallest absolute Gasteiger partial charge is 0.254 e. The number of hydrogen-bond acceptors (Lipinski definition) is 4. The molecule has 0 atom stereocenters. The van der Waals surface area contributed by atoms with Crippen LogP contribution in [0.15, 0.2) is 47.4 Å². The quantitative estimate of drug-likeness (QED) is 0.807. The molecule has 0 saturated carbocycles. The SMILES string of the molecule is COc1ccc(S(=O)(=O)C2CCN(C(=O)c3ccc(C)cc3C)CC2)cc1. The Hall–Kier alpha value is -2.34. The van der Waals surface area contributed by atoms with Crippen molar-refractivity contribution < 1.29 is 17.9 Å². The van der Waals surface area contributed by atoms with Crippen LogP contribution in [0.1, 0.15) is 34.3 Å². The van der Waals surface area contributed by atoms with E-state index in [0.717, 1.165) is 11.1 Å². The van der Waals surface area contributed by atoms with Gasteiger partial charge in [-0.05, 0) is 62.6 Å². The van der Waals surface area contributed by atoms with Gasteiger partial charge in [-0.2, -0.15) is 0 Å². The summed E-state index contributed by atoms with van der Waals surface area (Å²) < 4.78 is 30.8. The van der Waals surface area contributed by atoms with Gasteiger partial charge < -0.3 is 9.64 Å². The lowest BCUT2D eigenvalue weighted by Crippen LogP contribution is -2.42. The first-order valence-corrected chi connectivity index (χ1v) is 10.6. The molecule has 3 rings (SSSR count). The Morgan fingerprint density at radius 3 is 2.22 bits per heavy atom. The lowest BCUT2D eigenvalue weighted by Gasteiger charge is -2.32. The van der Waals surface area contributed by atoms with E-state index < -0.39 is 15.1 Å². The molecule has 0 unspecified atom stereocenters. The maximum Gasteiger partial charge on any atom is 0.254 e. The third-order valence-electron chi connectivity index (χ3n) is 5.17. The van der Waals surface area contributed by atoms with Gasteiger partial charge >= 0.3 is 0 Å². The number of amides is 1. The van der Waals surface area contributed by atoms with E-state index in [1.165, 1.54) is 0 Å². The van der Waals surface area contributed by atoms with Crippen molar-refractivity contribution in [2.24, 2.45) is 0 Å². The molecule has 0 aromatic heterocycles. The maximum absolute atomic E-state index is 12.9. The standard InChI is InChI=1S/C21H25NO4S/c1-15-4-9-20(16(2)14-15)21(23)22-12-10-19(11-13-22)27(24,25)18-7-5-17(26-3)6-8-18/h4-9,14,19H,10-13H2,1-3H3. The van der Waals surface area contributed by atoms with Gasteiger partial charge in [-0.15, -0.1) is 0 Å². The fourth-order valence-corrected chi connectivity index (χ4v) is 5.28. The van der Waals surface area contributed by atoms with Gasteiger partial charge in [0, 0.05) is 18.7 Å². The van der Waals surface area contributed by atoms with Crippen molar-refractivity contribution in [1.29, 1.82) is 0 Å². The number of carbonyl (C=O) groups is 1. The van der Waals surface area contributed by atoms with Gasteiger partial charge in [-0.1, -0.05) is 17.7 Å². The van der Waals surface area contributed by atoms with Gasteiger partial charge in [0.15, 0.2) is 9.84 Å². The molecule has 0 radical (unpaired) electrons. The third-order valence-corrected chi connectivity index (χ3v) is 7.45. The van der Waals surface area contributed by atoms with Crippen LogP contribution in [0, 0.1) is 13.8 Å². The molecule has 1 fully saturated rings. The largest absolute Gasteiger partial charge is 0.497 e. The van der Waals surface area contributed by atoms with Crippen molar-refractivity contribution in [3.63, 3.8) is 0 Å². The topological polar surface area (TPSA) is 63.7 Å². The molecule has 0 N–H and O–H groups in total. The number of carbonyl (C=O) groups excluding carboxylic acids is 1. The molecular weight excluding hydrogens is 362 g/mol. The number of likely N-dealkylation sites (tertiary alicyclic amines) is 1. The summed E-state index contributed by atoms with van der Waals surface area (Å²) in [6.45, 7) is 4.83. The highest BCUT2D eigenvalue weighted by atomic mass is 32.2. The minimum absolute atomic E-state index is 0.0206. The molecule has 1 saturated heterocycles. The molecule has 0 bridgehead atoms. The molecule has 144 valence electrons. The van der Waals surface area contributed by atoms with Crippen LogP contribution in [0.5, 0.6) is 5.75 Å². The maximum atomic E-state index is 12.9. The summed E-state index contributed by atoms with van der Waals surface area (Å²) in [6.07, 6.45) is 0.899. The molecule has 2 aromatic rings. The first-order chi connectivity index (χ1) is 12.8. The molecule has 1 amide bonds. The zero-order chi connectivity index (χ0) is 19.6. The monoisotopic (exact) mass is 387 g/mol. The van der Waals surface area contributed by atoms with Crippen LogP contribution in [-0.4, -0.2) is 44.7 Å². The Balaban J connectivity index is 1.69. The van der Waals surface area contributed by atoms with Crippen molar-refractivity contribution in [2.45, 2.75) is 36.8 Å². The number of benzene rings is 2. The molecule has 1 heterocycles. The lowest BCUT2D eigenvalue weighted by atomic mass is 10.0. The predicted octanol–water partition coefficient (Wildman–Crippen LogP) is 3.39. The van der Waals surface area contributed by atoms with Crippen molar-refractivity contribution in [3.8, 4) is 5.75 Å². The fraction of sp³-hybridized carbons (Fsp3) is 0.381. The summed E-state index contributed by atoms with van der Waals surface area (Å²) in [7, 11) is -1.86. The number of rotatable bonds is 4. The first kappa shape index (κ1) is 19.4. The molecule has 0 spiro atoms. The van der Waals surface area contributed by atoms with E-state index >= 15 is 0 Å². The van der Waals surface area contributed by atoms with Gasteiger partial charge in [0.2, 0.25) is 0 Å². The van der Waals surface area contributed by atoms with Gasteiger partial charge in [0.25, 0.3) is 5.91 Å². The molecule has 1 aliphatic rings. The summed E-state index contributed by atoms with van der Waals surface area (Å²) in [6, 6.07) is 12.3. The van der Waals surface area contributed by atoms with Crippen LogP contribution >= 0.6 is 0 Å². The Morgan fingerprint density at radius 2 is 1.67 bits per heavy atom. The molecule has 6 heteroatoms. The van der Waals surface area contributed by atoms with Crippen molar-refractivity contribution in [1.82, 2.24) is 4.90 Å². The minimum atomic E-state index is -3.41. The normalized spacial score (nSPS) is 15.6. The second-order valence-corrected chi connectivity index (χ2v) is 9.26. The highest BCUT2D eigenvalue weighted by molar-refractivity contribution is 7.92. The highest BCUT2D eigenvalue weighted by Gasteiger charge is 2.33. The average Bonchev–Trinajstić information content (AvgIpc) is 2.67. The van der Waals surface area contributed by atoms with Crippen LogP contribution in [0.25, 0.3) is 0 Å². The third kappa shape index (κ3) is 4.00. The van der Waals surface area contributed by atoms with Gasteiger partial charge in [-0.25, -0.2) is 8.42 Å². The van der Waals surface area contributed by atoms with E-state index in [-0.39, 0.29) is 5.91 Å². The van der Waals surface area contributed by atoms with Gasteiger partial charge in [0.05, 0.1) is 17.3 Å². The van der Waals surface area contributed by atoms with Crippen molar-refractivity contribution in [2.75, 3.05) is 20.2 Å². The molecule has 0 aliphatic carbocycles. The molecule has 27 heavy (non-hydrogen) atoms. The van der Waals surface area contributed by atoms with Crippen LogP contribution < -0.4 is 4.74 Å². The number of nitrogens with zero attached hydrogens (tertiary/aromatic N) is 1. The van der Waals surface area contributed by atoms with E-state index in [0.29, 0.717) is 42.1 Å². The summed E-state index contributed by atoms with van der Waals surface area (Å²) in [5.74, 6) is 0.607. The van der Waals surface area contributed by atoms with E-state index in [1.807, 2.05) is 32.0 Å². The Labute approximate surface area is 160 Å². The predicted molar refractivity (Wildman–Crippen MR) is 105 cm³/mol. The zero-order valence-corrected chi connectivity index (χ0v) is 16.8. The van der Waals surface area contributed by atoms with Crippen molar-refractivity contribution >= 4 is 15.7 Å². The van der Waals surface area contributed by atoms with Crippen LogP contribution in [0.4, 0.5) is 0 Å². The lowest BCUT2D eigenvalue weighted by molar-refractivity contribution is 0.0725. The first-order valence-electron chi connectivity index (χ1n) is 9.07. The second kappa shape index (κ2) is 7.72. The Kier molecular flexibility index (Phi) is 5.56. The zero-order valence-electron chi connectivity index (χ0n) is 15.9. The van der Waals surface area contributed by atoms with Crippen molar-refractivity contribution in [3.05, 3.63) is 59.2 Å². The summed E-state index contributed by atoms with van der Waals surface area (Å²) in [5, 5.41) is -0.464. The van der Waals surface area contributed by atoms with Crippen LogP contribution in [-0.2, 0) is 9.84 Å². The number of ether oxygens (including phenoxy) is 1. The van der Waals surface area contributed by atoms with Gasteiger partial charge in [0.1, 0.15) is 5.75 Å². The number of methoxy groups -OCH3 is 1. The summed E-state index contributed by atoms with van der Waals surface area (Å²) in [4.78, 5) is 14.9. The summed E-state index contributed by atoms with van der Waals surface area (Å²) in [5.41, 5.74) is 2.76. The molecule has 1 aliphatic heterocycles. The van der Waals surface area contributed by atoms with Crippen LogP contribution in [0.2, 0.25) is 0 Å². The van der Waals surface area contributed by atoms with Crippen LogP contribution in [0.3, 0.4) is 0 Å². The molecule has 2 aromatic carbocycles. The molecule has 5 nitrogen and oxygen atoms in total. The Bertz CT molecular complexity index is 927. The fourth-order valence-electron chi connectivity index (χ4n) is 3.55. The summed E-state index contributed by atoms with van der Waals surface area (Å²) >= 11 is 0. The minimum Gasteiger partial charge on any atom is -0.497 e. The Morgan fingerprint density at radius 1 is 1.04 bits per heavy atom. The van der Waals surface area contributed by atoms with E-state index in [9.17, 15) is 13.2 Å². The number of hydrogen-bond donors (Lipinski definition) is 0. The average molecular weight is 388 g/mol.